The number of anilines is 2. The lowest BCUT2D eigenvalue weighted by molar-refractivity contribution is -0.114. The Morgan fingerprint density at radius 1 is 0.962 bits per heavy atom. The number of carbonyl (C=O) groups is 3. The number of hydrogen-bond donors (Lipinski definition) is 2. The van der Waals surface area contributed by atoms with Crippen LogP contribution in [0.2, 0.25) is 0 Å². The van der Waals surface area contributed by atoms with Crippen molar-refractivity contribution in [2.24, 2.45) is 0 Å². The number of nitrogens with one attached hydrogen (secondary N) is 2. The van der Waals surface area contributed by atoms with E-state index in [1.165, 1.54) is 19.9 Å². The van der Waals surface area contributed by atoms with Crippen molar-refractivity contribution >= 4 is 29.0 Å². The van der Waals surface area contributed by atoms with Crippen molar-refractivity contribution in [3.8, 4) is 6.07 Å². The van der Waals surface area contributed by atoms with E-state index in [2.05, 4.69) is 10.6 Å². The molecule has 2 amide bonds. The van der Waals surface area contributed by atoms with Gasteiger partial charge in [-0.1, -0.05) is 6.07 Å². The van der Waals surface area contributed by atoms with Crippen molar-refractivity contribution in [2.45, 2.75) is 13.8 Å². The van der Waals surface area contributed by atoms with Crippen LogP contribution in [0.15, 0.2) is 60.2 Å². The molecule has 0 saturated carbocycles. The van der Waals surface area contributed by atoms with Crippen molar-refractivity contribution < 1.29 is 14.4 Å². The predicted octanol–water partition coefficient (Wildman–Crippen LogP) is 3.28. The summed E-state index contributed by atoms with van der Waals surface area (Å²) in [7, 11) is 0. The highest BCUT2D eigenvalue weighted by Gasteiger charge is 2.08. The van der Waals surface area contributed by atoms with Gasteiger partial charge in [-0.3, -0.25) is 14.4 Å². The van der Waals surface area contributed by atoms with Crippen LogP contribution in [0.4, 0.5) is 11.4 Å². The molecule has 26 heavy (non-hydrogen) atoms. The number of ketones is 1. The first-order valence-corrected chi connectivity index (χ1v) is 7.81. The van der Waals surface area contributed by atoms with Gasteiger partial charge in [0.1, 0.15) is 0 Å². The van der Waals surface area contributed by atoms with E-state index in [9.17, 15) is 14.4 Å². The molecule has 0 saturated heterocycles. The van der Waals surface area contributed by atoms with Crippen molar-refractivity contribution in [2.75, 3.05) is 10.6 Å². The van der Waals surface area contributed by atoms with Gasteiger partial charge in [-0.05, 0) is 56.3 Å². The van der Waals surface area contributed by atoms with Crippen molar-refractivity contribution in [3.05, 3.63) is 71.3 Å². The number of rotatable bonds is 5. The molecule has 0 bridgehead atoms. The first-order chi connectivity index (χ1) is 12.4. The zero-order chi connectivity index (χ0) is 19.1. The highest BCUT2D eigenvalue weighted by molar-refractivity contribution is 6.10. The van der Waals surface area contributed by atoms with Crippen LogP contribution in [0.3, 0.4) is 0 Å². The lowest BCUT2D eigenvalue weighted by Crippen LogP contribution is -2.16. The second-order valence-electron chi connectivity index (χ2n) is 5.60. The summed E-state index contributed by atoms with van der Waals surface area (Å²) in [4.78, 5) is 35.4. The van der Waals surface area contributed by atoms with Crippen LogP contribution >= 0.6 is 0 Å². The number of hydrogen-bond acceptors (Lipinski definition) is 4. The zero-order valence-electron chi connectivity index (χ0n) is 14.4. The van der Waals surface area contributed by atoms with Gasteiger partial charge in [0.05, 0.1) is 11.6 Å². The van der Waals surface area contributed by atoms with E-state index in [-0.39, 0.29) is 11.4 Å². The van der Waals surface area contributed by atoms with E-state index < -0.39 is 11.8 Å². The molecular weight excluding hydrogens is 330 g/mol. The number of carbonyl (C=O) groups excluding carboxylic acids is 3. The van der Waals surface area contributed by atoms with Crippen LogP contribution in [-0.4, -0.2) is 17.6 Å². The lowest BCUT2D eigenvalue weighted by atomic mass is 10.1. The maximum absolute atomic E-state index is 12.1. The number of nitriles is 1. The topological polar surface area (TPSA) is 99.1 Å². The van der Waals surface area contributed by atoms with E-state index in [0.717, 1.165) is 0 Å². The average molecular weight is 347 g/mol. The van der Waals surface area contributed by atoms with E-state index in [0.29, 0.717) is 22.5 Å². The number of amides is 2. The molecule has 0 unspecified atom stereocenters. The Kier molecular flexibility index (Phi) is 6.01. The summed E-state index contributed by atoms with van der Waals surface area (Å²) in [6.45, 7) is 2.98. The molecule has 0 fully saturated rings. The summed E-state index contributed by atoms with van der Waals surface area (Å²) < 4.78 is 0. The van der Waals surface area contributed by atoms with Crippen LogP contribution in [0.25, 0.3) is 0 Å². The molecule has 2 rings (SSSR count). The summed E-state index contributed by atoms with van der Waals surface area (Å²) in [5.41, 5.74) is 2.18. The van der Waals surface area contributed by atoms with E-state index in [1.54, 1.807) is 48.5 Å². The number of Topliss-reactive ketones (excluding diaryl/α,β-unsaturated/α-hetero) is 1. The van der Waals surface area contributed by atoms with Crippen molar-refractivity contribution in [1.29, 1.82) is 5.26 Å². The van der Waals surface area contributed by atoms with Crippen LogP contribution in [0, 0.1) is 11.3 Å². The molecular formula is C20H17N3O3. The zero-order valence-corrected chi connectivity index (χ0v) is 14.4. The van der Waals surface area contributed by atoms with Gasteiger partial charge in [0.15, 0.2) is 5.78 Å². The fourth-order valence-electron chi connectivity index (χ4n) is 2.12. The average Bonchev–Trinajstić information content (AvgIpc) is 2.62. The van der Waals surface area contributed by atoms with E-state index in [1.807, 2.05) is 6.07 Å². The Labute approximate surface area is 151 Å². The molecule has 0 heterocycles. The minimum absolute atomic E-state index is 0.0595. The maximum Gasteiger partial charge on any atom is 0.251 e. The van der Waals surface area contributed by atoms with Gasteiger partial charge < -0.3 is 10.6 Å². The highest BCUT2D eigenvalue weighted by Crippen LogP contribution is 2.12. The smallest absolute Gasteiger partial charge is 0.251 e. The minimum Gasteiger partial charge on any atom is -0.323 e. The van der Waals surface area contributed by atoms with Gasteiger partial charge >= 0.3 is 0 Å². The Bertz CT molecular complexity index is 922. The van der Waals surface area contributed by atoms with Crippen LogP contribution in [0.5, 0.6) is 0 Å². The molecule has 0 spiro atoms. The monoisotopic (exact) mass is 347 g/mol. The van der Waals surface area contributed by atoms with E-state index >= 15 is 0 Å². The summed E-state index contributed by atoms with van der Waals surface area (Å²) in [5, 5.41) is 14.1. The fraction of sp³-hybridized carbons (Fsp3) is 0.100. The summed E-state index contributed by atoms with van der Waals surface area (Å²) in [6, 6.07) is 14.9. The van der Waals surface area contributed by atoms with Gasteiger partial charge in [-0.25, -0.2) is 0 Å². The molecule has 0 radical (unpaired) electrons. The molecule has 2 aromatic carbocycles. The minimum atomic E-state index is -0.459. The molecule has 0 aromatic heterocycles. The van der Waals surface area contributed by atoms with Crippen molar-refractivity contribution in [3.63, 3.8) is 0 Å². The molecule has 130 valence electrons. The molecule has 2 N–H and O–H groups in total. The van der Waals surface area contributed by atoms with Crippen LogP contribution in [0.1, 0.15) is 29.8 Å². The molecule has 0 aliphatic carbocycles. The molecule has 0 atom stereocenters. The largest absolute Gasteiger partial charge is 0.323 e. The van der Waals surface area contributed by atoms with E-state index in [4.69, 9.17) is 5.26 Å². The lowest BCUT2D eigenvalue weighted by Gasteiger charge is -2.07. The Morgan fingerprint density at radius 2 is 1.65 bits per heavy atom. The quantitative estimate of drug-likeness (QED) is 0.640. The molecule has 2 aromatic rings. The van der Waals surface area contributed by atoms with Crippen LogP contribution in [-0.2, 0) is 9.59 Å². The predicted molar refractivity (Wildman–Crippen MR) is 98.6 cm³/mol. The number of nitrogens with zero attached hydrogens (tertiary/aromatic N) is 1. The van der Waals surface area contributed by atoms with Gasteiger partial charge in [0, 0.05) is 28.6 Å². The standard InChI is InChI=1S/C20H17N3O3/c1-13(20(26)23-18-5-3-4-15(11-18)12-21)10-19(25)22-17-8-6-16(7-9-17)14(2)24/h3-11H,1-2H3,(H,22,25)(H,23,26)/b13-10-. The molecule has 0 aliphatic rings. The Morgan fingerprint density at radius 3 is 2.27 bits per heavy atom. The summed E-state index contributed by atoms with van der Waals surface area (Å²) in [5.74, 6) is -0.961. The van der Waals surface area contributed by atoms with Gasteiger partial charge in [0.25, 0.3) is 5.91 Å². The first-order valence-electron chi connectivity index (χ1n) is 7.81. The third kappa shape index (κ3) is 5.14. The Hall–Kier alpha value is -3.72. The second kappa shape index (κ2) is 8.40. The molecule has 6 nitrogen and oxygen atoms in total. The third-order valence-electron chi connectivity index (χ3n) is 3.51. The molecule has 0 aliphatic heterocycles. The molecule has 6 heteroatoms. The summed E-state index contributed by atoms with van der Waals surface area (Å²) in [6.07, 6.45) is 1.18. The van der Waals surface area contributed by atoms with Gasteiger partial charge in [-0.2, -0.15) is 5.26 Å². The number of benzene rings is 2. The van der Waals surface area contributed by atoms with Crippen molar-refractivity contribution in [1.82, 2.24) is 0 Å². The fourth-order valence-corrected chi connectivity index (χ4v) is 2.12. The maximum atomic E-state index is 12.1. The van der Waals surface area contributed by atoms with Gasteiger partial charge in [0.2, 0.25) is 5.91 Å². The second-order valence-corrected chi connectivity index (χ2v) is 5.60. The van der Waals surface area contributed by atoms with Crippen LogP contribution < -0.4 is 10.6 Å². The third-order valence-corrected chi connectivity index (χ3v) is 3.51. The highest BCUT2D eigenvalue weighted by atomic mass is 16.2. The SMILES string of the molecule is CC(=O)c1ccc(NC(=O)/C=C(/C)C(=O)Nc2cccc(C#N)c2)cc1. The Balaban J connectivity index is 2.00. The first kappa shape index (κ1) is 18.6. The normalized spacial score (nSPS) is 10.6. The van der Waals surface area contributed by atoms with Gasteiger partial charge in [-0.15, -0.1) is 0 Å². The summed E-state index contributed by atoms with van der Waals surface area (Å²) >= 11 is 0.